The SMILES string of the molecule is CC1(C)c2cc(N)c3ccccc3c2-c2ccc(-c3ccnc4ccccc34)c3cccc1c23.CCCC. The molecule has 2 nitrogen and oxygen atoms in total. The first-order valence-corrected chi connectivity index (χ1v) is 13.7. The molecule has 1 aliphatic carbocycles. The van der Waals surface area contributed by atoms with Crippen molar-refractivity contribution in [3.63, 3.8) is 0 Å². The Labute approximate surface area is 225 Å². The zero-order valence-electron chi connectivity index (χ0n) is 22.7. The van der Waals surface area contributed by atoms with Crippen molar-refractivity contribution in [2.45, 2.75) is 46.0 Å². The van der Waals surface area contributed by atoms with Crippen LogP contribution in [0.1, 0.15) is 51.7 Å². The Morgan fingerprint density at radius 3 is 2.03 bits per heavy atom. The second-order valence-corrected chi connectivity index (χ2v) is 10.8. The highest BCUT2D eigenvalue weighted by atomic mass is 14.6. The molecule has 0 unspecified atom stereocenters. The maximum atomic E-state index is 6.57. The predicted molar refractivity (Wildman–Crippen MR) is 165 cm³/mol. The molecule has 0 saturated carbocycles. The van der Waals surface area contributed by atoms with Crippen molar-refractivity contribution in [2.75, 3.05) is 5.73 Å². The van der Waals surface area contributed by atoms with Crippen LogP contribution < -0.4 is 5.73 Å². The van der Waals surface area contributed by atoms with Gasteiger partial charge in [0.05, 0.1) is 5.52 Å². The molecule has 1 aromatic heterocycles. The van der Waals surface area contributed by atoms with Gasteiger partial charge in [-0.15, -0.1) is 0 Å². The van der Waals surface area contributed by atoms with E-state index in [2.05, 4.69) is 118 Å². The molecule has 2 heteroatoms. The zero-order chi connectivity index (χ0) is 26.4. The Morgan fingerprint density at radius 2 is 1.26 bits per heavy atom. The molecule has 188 valence electrons. The lowest BCUT2D eigenvalue weighted by molar-refractivity contribution is 0.646. The van der Waals surface area contributed by atoms with Crippen LogP contribution in [0.15, 0.2) is 97.2 Å². The van der Waals surface area contributed by atoms with Crippen LogP contribution in [0, 0.1) is 0 Å². The van der Waals surface area contributed by atoms with Crippen LogP contribution in [0.4, 0.5) is 5.69 Å². The highest BCUT2D eigenvalue weighted by Gasteiger charge is 2.35. The standard InChI is InChI=1S/C32H24N2.C4H10/c1-32(2)26-12-7-11-23-19(20-16-17-34-29-13-6-5-9-22(20)29)14-15-25(30(23)26)31-24-10-4-3-8-21(24)28(33)18-27(31)32;1-3-4-2/h3-18H,33H2,1-2H3;3-4H2,1-2H3. The van der Waals surface area contributed by atoms with E-state index in [1.54, 1.807) is 0 Å². The van der Waals surface area contributed by atoms with Crippen molar-refractivity contribution >= 4 is 38.1 Å². The summed E-state index contributed by atoms with van der Waals surface area (Å²) in [6, 6.07) is 32.6. The number of pyridine rings is 1. The van der Waals surface area contributed by atoms with Crippen LogP contribution in [0.3, 0.4) is 0 Å². The summed E-state index contributed by atoms with van der Waals surface area (Å²) in [5.74, 6) is 0. The number of nitrogen functional groups attached to an aromatic ring is 1. The van der Waals surface area contributed by atoms with Gasteiger partial charge in [-0.05, 0) is 67.7 Å². The van der Waals surface area contributed by atoms with Crippen molar-refractivity contribution < 1.29 is 0 Å². The summed E-state index contributed by atoms with van der Waals surface area (Å²) in [5.41, 5.74) is 16.0. The number of para-hydroxylation sites is 1. The van der Waals surface area contributed by atoms with Crippen molar-refractivity contribution in [1.29, 1.82) is 0 Å². The molecular formula is C36H34N2. The number of anilines is 1. The van der Waals surface area contributed by atoms with Gasteiger partial charge in [-0.3, -0.25) is 4.98 Å². The van der Waals surface area contributed by atoms with Gasteiger partial charge in [0.15, 0.2) is 0 Å². The Morgan fingerprint density at radius 1 is 0.632 bits per heavy atom. The van der Waals surface area contributed by atoms with Crippen LogP contribution in [0.2, 0.25) is 0 Å². The Bertz CT molecular complexity index is 1820. The molecular weight excluding hydrogens is 460 g/mol. The minimum Gasteiger partial charge on any atom is -0.398 e. The van der Waals surface area contributed by atoms with Gasteiger partial charge in [-0.25, -0.2) is 0 Å². The fourth-order valence-electron chi connectivity index (χ4n) is 6.03. The fraction of sp³-hybridized carbons (Fsp3) is 0.194. The zero-order valence-corrected chi connectivity index (χ0v) is 22.7. The molecule has 0 spiro atoms. The third-order valence-corrected chi connectivity index (χ3v) is 8.17. The molecule has 7 rings (SSSR count). The van der Waals surface area contributed by atoms with E-state index in [0.29, 0.717) is 0 Å². The number of nitrogens with zero attached hydrogens (tertiary/aromatic N) is 1. The predicted octanol–water partition coefficient (Wildman–Crippen LogP) is 9.90. The number of rotatable bonds is 2. The molecule has 0 atom stereocenters. The maximum absolute atomic E-state index is 6.57. The van der Waals surface area contributed by atoms with E-state index in [1.165, 1.54) is 67.8 Å². The summed E-state index contributed by atoms with van der Waals surface area (Å²) < 4.78 is 0. The average molecular weight is 495 g/mol. The Balaban J connectivity index is 0.000000620. The Kier molecular flexibility index (Phi) is 5.91. The van der Waals surface area contributed by atoms with Gasteiger partial charge in [-0.1, -0.05) is 113 Å². The summed E-state index contributed by atoms with van der Waals surface area (Å²) in [5, 5.41) is 6.15. The fourth-order valence-corrected chi connectivity index (χ4v) is 6.03. The minimum absolute atomic E-state index is 0.168. The summed E-state index contributed by atoms with van der Waals surface area (Å²) in [6.07, 6.45) is 4.56. The van der Waals surface area contributed by atoms with Crippen LogP contribution in [-0.4, -0.2) is 4.98 Å². The van der Waals surface area contributed by atoms with Crippen molar-refractivity contribution in [3.8, 4) is 22.3 Å². The molecule has 0 aliphatic heterocycles. The summed E-state index contributed by atoms with van der Waals surface area (Å²) in [6.45, 7) is 9.01. The molecule has 0 fully saturated rings. The smallest absolute Gasteiger partial charge is 0.0708 e. The first kappa shape index (κ1) is 24.2. The number of hydrogen-bond donors (Lipinski definition) is 1. The topological polar surface area (TPSA) is 38.9 Å². The van der Waals surface area contributed by atoms with Gasteiger partial charge >= 0.3 is 0 Å². The molecule has 5 aromatic carbocycles. The largest absolute Gasteiger partial charge is 0.398 e. The quantitative estimate of drug-likeness (QED) is 0.243. The van der Waals surface area contributed by atoms with Crippen LogP contribution in [-0.2, 0) is 5.41 Å². The lowest BCUT2D eigenvalue weighted by Gasteiger charge is -2.36. The van der Waals surface area contributed by atoms with Gasteiger partial charge in [0.1, 0.15) is 0 Å². The number of unbranched alkanes of at least 4 members (excludes halogenated alkanes) is 1. The number of fused-ring (bicyclic) bond motifs is 5. The van der Waals surface area contributed by atoms with Gasteiger partial charge in [-0.2, -0.15) is 0 Å². The maximum Gasteiger partial charge on any atom is 0.0708 e. The summed E-state index contributed by atoms with van der Waals surface area (Å²) in [7, 11) is 0. The normalized spacial score (nSPS) is 13.3. The van der Waals surface area contributed by atoms with E-state index in [9.17, 15) is 0 Å². The lowest BCUT2D eigenvalue weighted by Crippen LogP contribution is -2.24. The minimum atomic E-state index is -0.168. The third-order valence-electron chi connectivity index (χ3n) is 8.17. The summed E-state index contributed by atoms with van der Waals surface area (Å²) in [4.78, 5) is 4.59. The Hall–Kier alpha value is -4.17. The summed E-state index contributed by atoms with van der Waals surface area (Å²) >= 11 is 0. The molecule has 0 radical (unpaired) electrons. The van der Waals surface area contributed by atoms with E-state index in [1.807, 2.05) is 12.3 Å². The van der Waals surface area contributed by atoms with Gasteiger partial charge < -0.3 is 5.73 Å². The molecule has 6 aromatic rings. The van der Waals surface area contributed by atoms with Crippen LogP contribution >= 0.6 is 0 Å². The van der Waals surface area contributed by atoms with Gasteiger partial charge in [0.2, 0.25) is 0 Å². The molecule has 2 N–H and O–H groups in total. The molecule has 38 heavy (non-hydrogen) atoms. The number of nitrogens with two attached hydrogens (primary N) is 1. The van der Waals surface area contributed by atoms with Gasteiger partial charge in [0.25, 0.3) is 0 Å². The van der Waals surface area contributed by atoms with Crippen LogP contribution in [0.5, 0.6) is 0 Å². The van der Waals surface area contributed by atoms with Crippen molar-refractivity contribution in [2.24, 2.45) is 0 Å². The van der Waals surface area contributed by atoms with E-state index in [-0.39, 0.29) is 5.41 Å². The van der Waals surface area contributed by atoms with Crippen molar-refractivity contribution in [1.82, 2.24) is 4.98 Å². The van der Waals surface area contributed by atoms with Crippen molar-refractivity contribution in [3.05, 3.63) is 108 Å². The second kappa shape index (κ2) is 9.29. The molecule has 1 heterocycles. The number of aromatic nitrogens is 1. The van der Waals surface area contributed by atoms with Gasteiger partial charge in [0, 0.05) is 28.1 Å². The monoisotopic (exact) mass is 494 g/mol. The van der Waals surface area contributed by atoms with E-state index in [0.717, 1.165) is 16.6 Å². The van der Waals surface area contributed by atoms with Crippen LogP contribution in [0.25, 0.3) is 54.7 Å². The highest BCUT2D eigenvalue weighted by Crippen LogP contribution is 2.53. The van der Waals surface area contributed by atoms with E-state index >= 15 is 0 Å². The van der Waals surface area contributed by atoms with E-state index in [4.69, 9.17) is 5.73 Å². The molecule has 0 amide bonds. The molecule has 0 bridgehead atoms. The number of hydrogen-bond acceptors (Lipinski definition) is 2. The third kappa shape index (κ3) is 3.59. The lowest BCUT2D eigenvalue weighted by atomic mass is 9.67. The van der Waals surface area contributed by atoms with E-state index < -0.39 is 0 Å². The first-order valence-electron chi connectivity index (χ1n) is 13.7. The first-order chi connectivity index (χ1) is 18.5. The second-order valence-electron chi connectivity index (χ2n) is 10.8. The number of benzene rings is 5. The molecule has 0 saturated heterocycles. The highest BCUT2D eigenvalue weighted by molar-refractivity contribution is 6.17. The average Bonchev–Trinajstić information content (AvgIpc) is 2.96. The molecule has 1 aliphatic rings.